The third-order valence-corrected chi connectivity index (χ3v) is 2.83. The Hall–Kier alpha value is -1.95. The van der Waals surface area contributed by atoms with Crippen molar-refractivity contribution in [1.29, 1.82) is 0 Å². The van der Waals surface area contributed by atoms with Gasteiger partial charge in [-0.2, -0.15) is 9.78 Å². The molecule has 0 aliphatic heterocycles. The standard InChI is InChI=1S/C11H6BrN3O2/c12-10-2-1-7(5-13-10)15-11(16)8-3-4-17-9(8)6-14-15/h1-6H. The molecule has 0 radical (unpaired) electrons. The van der Waals surface area contributed by atoms with Gasteiger partial charge in [-0.1, -0.05) is 0 Å². The summed E-state index contributed by atoms with van der Waals surface area (Å²) in [5.41, 5.74) is 0.873. The molecule has 0 saturated heterocycles. The molecule has 3 rings (SSSR count). The lowest BCUT2D eigenvalue weighted by Gasteiger charge is -2.02. The predicted molar refractivity (Wildman–Crippen MR) is 65.1 cm³/mol. The second-order valence-electron chi connectivity index (χ2n) is 3.40. The Labute approximate surface area is 104 Å². The van der Waals surface area contributed by atoms with Crippen LogP contribution in [-0.4, -0.2) is 14.8 Å². The fourth-order valence-electron chi connectivity index (χ4n) is 1.55. The summed E-state index contributed by atoms with van der Waals surface area (Å²) >= 11 is 3.24. The summed E-state index contributed by atoms with van der Waals surface area (Å²) in [6.45, 7) is 0. The fourth-order valence-corrected chi connectivity index (χ4v) is 1.79. The summed E-state index contributed by atoms with van der Waals surface area (Å²) in [6.07, 6.45) is 4.56. The molecule has 0 aliphatic rings. The topological polar surface area (TPSA) is 60.9 Å². The lowest BCUT2D eigenvalue weighted by atomic mass is 10.3. The molecule has 0 aromatic carbocycles. The van der Waals surface area contributed by atoms with Crippen molar-refractivity contribution in [3.05, 3.63) is 51.8 Å². The zero-order chi connectivity index (χ0) is 11.8. The Balaban J connectivity index is 2.27. The van der Waals surface area contributed by atoms with Crippen molar-refractivity contribution in [2.75, 3.05) is 0 Å². The molecule has 0 amide bonds. The summed E-state index contributed by atoms with van der Waals surface area (Å²) in [5.74, 6) is 0. The van der Waals surface area contributed by atoms with E-state index in [1.807, 2.05) is 0 Å². The highest BCUT2D eigenvalue weighted by Gasteiger charge is 2.07. The molecule has 0 N–H and O–H groups in total. The van der Waals surface area contributed by atoms with Crippen LogP contribution in [0, 0.1) is 0 Å². The van der Waals surface area contributed by atoms with Crippen molar-refractivity contribution in [3.8, 4) is 5.69 Å². The van der Waals surface area contributed by atoms with E-state index in [4.69, 9.17) is 4.42 Å². The fraction of sp³-hybridized carbons (Fsp3) is 0. The summed E-state index contributed by atoms with van der Waals surface area (Å²) < 4.78 is 7.11. The van der Waals surface area contributed by atoms with Crippen LogP contribution in [0.15, 0.2) is 50.7 Å². The molecule has 84 valence electrons. The molecule has 3 aromatic heterocycles. The van der Waals surface area contributed by atoms with Gasteiger partial charge in [-0.25, -0.2) is 4.98 Å². The molecule has 0 fully saturated rings. The van der Waals surface area contributed by atoms with Crippen LogP contribution in [0.3, 0.4) is 0 Å². The second-order valence-corrected chi connectivity index (χ2v) is 4.21. The Morgan fingerprint density at radius 2 is 2.12 bits per heavy atom. The number of rotatable bonds is 1. The number of pyridine rings is 1. The van der Waals surface area contributed by atoms with Gasteiger partial charge in [-0.3, -0.25) is 4.79 Å². The third-order valence-electron chi connectivity index (χ3n) is 2.36. The van der Waals surface area contributed by atoms with Gasteiger partial charge in [0.2, 0.25) is 0 Å². The van der Waals surface area contributed by atoms with E-state index < -0.39 is 0 Å². The van der Waals surface area contributed by atoms with Gasteiger partial charge >= 0.3 is 0 Å². The first kappa shape index (κ1) is 10.2. The summed E-state index contributed by atoms with van der Waals surface area (Å²) in [4.78, 5) is 16.1. The van der Waals surface area contributed by atoms with Gasteiger partial charge in [-0.15, -0.1) is 0 Å². The molecule has 0 saturated carbocycles. The van der Waals surface area contributed by atoms with Crippen molar-refractivity contribution in [2.24, 2.45) is 0 Å². The zero-order valence-corrected chi connectivity index (χ0v) is 10.1. The number of furan rings is 1. The van der Waals surface area contributed by atoms with Crippen LogP contribution in [0.5, 0.6) is 0 Å². The molecular formula is C11H6BrN3O2. The zero-order valence-electron chi connectivity index (χ0n) is 8.50. The highest BCUT2D eigenvalue weighted by atomic mass is 79.9. The SMILES string of the molecule is O=c1c2ccoc2cnn1-c1ccc(Br)nc1. The van der Waals surface area contributed by atoms with Crippen LogP contribution >= 0.6 is 15.9 Å². The van der Waals surface area contributed by atoms with Crippen molar-refractivity contribution in [2.45, 2.75) is 0 Å². The van der Waals surface area contributed by atoms with Crippen LogP contribution in [0.2, 0.25) is 0 Å². The van der Waals surface area contributed by atoms with Gasteiger partial charge in [0.1, 0.15) is 4.60 Å². The van der Waals surface area contributed by atoms with Crippen molar-refractivity contribution in [1.82, 2.24) is 14.8 Å². The first-order valence-corrected chi connectivity index (χ1v) is 5.62. The molecule has 0 unspecified atom stereocenters. The Morgan fingerprint density at radius 1 is 1.24 bits per heavy atom. The van der Waals surface area contributed by atoms with Gasteiger partial charge in [0.15, 0.2) is 5.58 Å². The number of halogens is 1. The summed E-state index contributed by atoms with van der Waals surface area (Å²) in [6, 6.07) is 5.14. The molecule has 17 heavy (non-hydrogen) atoms. The van der Waals surface area contributed by atoms with E-state index in [-0.39, 0.29) is 5.56 Å². The highest BCUT2D eigenvalue weighted by molar-refractivity contribution is 9.10. The Kier molecular flexibility index (Phi) is 2.29. The van der Waals surface area contributed by atoms with Gasteiger partial charge in [0.05, 0.1) is 29.7 Å². The molecule has 0 atom stereocenters. The van der Waals surface area contributed by atoms with E-state index in [0.717, 1.165) is 0 Å². The largest absolute Gasteiger partial charge is 0.462 e. The molecule has 0 aliphatic carbocycles. The number of hydrogen-bond acceptors (Lipinski definition) is 4. The minimum atomic E-state index is -0.222. The van der Waals surface area contributed by atoms with Crippen LogP contribution in [-0.2, 0) is 0 Å². The van der Waals surface area contributed by atoms with E-state index in [1.165, 1.54) is 17.1 Å². The van der Waals surface area contributed by atoms with E-state index in [9.17, 15) is 4.79 Å². The average molecular weight is 292 g/mol. The van der Waals surface area contributed by atoms with E-state index >= 15 is 0 Å². The average Bonchev–Trinajstić information content (AvgIpc) is 2.80. The number of aromatic nitrogens is 3. The van der Waals surface area contributed by atoms with Gasteiger partial charge in [0, 0.05) is 0 Å². The maximum atomic E-state index is 12.1. The molecule has 3 heterocycles. The van der Waals surface area contributed by atoms with E-state index in [2.05, 4.69) is 26.0 Å². The Bertz CT molecular complexity index is 730. The molecule has 6 heteroatoms. The van der Waals surface area contributed by atoms with Crippen LogP contribution in [0.4, 0.5) is 0 Å². The second kappa shape index (κ2) is 3.81. The molecule has 3 aromatic rings. The lowest BCUT2D eigenvalue weighted by molar-refractivity contribution is 0.610. The van der Waals surface area contributed by atoms with Crippen molar-refractivity contribution in [3.63, 3.8) is 0 Å². The third kappa shape index (κ3) is 1.66. The number of nitrogens with zero attached hydrogens (tertiary/aromatic N) is 3. The van der Waals surface area contributed by atoms with Crippen LogP contribution in [0.25, 0.3) is 16.7 Å². The molecule has 5 nitrogen and oxygen atoms in total. The van der Waals surface area contributed by atoms with Gasteiger partial charge < -0.3 is 4.42 Å². The minimum absolute atomic E-state index is 0.222. The summed E-state index contributed by atoms with van der Waals surface area (Å²) in [5, 5.41) is 4.54. The van der Waals surface area contributed by atoms with Gasteiger partial charge in [-0.05, 0) is 34.1 Å². The number of hydrogen-bond donors (Lipinski definition) is 0. The lowest BCUT2D eigenvalue weighted by Crippen LogP contribution is -2.20. The van der Waals surface area contributed by atoms with Crippen LogP contribution in [0.1, 0.15) is 0 Å². The Morgan fingerprint density at radius 3 is 2.88 bits per heavy atom. The van der Waals surface area contributed by atoms with Crippen molar-refractivity contribution < 1.29 is 4.42 Å². The van der Waals surface area contributed by atoms with Crippen LogP contribution < -0.4 is 5.56 Å². The smallest absolute Gasteiger partial charge is 0.282 e. The molecule has 0 bridgehead atoms. The maximum Gasteiger partial charge on any atom is 0.282 e. The number of fused-ring (bicyclic) bond motifs is 1. The molecule has 0 spiro atoms. The maximum absolute atomic E-state index is 12.1. The normalized spacial score (nSPS) is 10.9. The predicted octanol–water partition coefficient (Wildman–Crippen LogP) is 2.14. The first-order valence-electron chi connectivity index (χ1n) is 4.83. The minimum Gasteiger partial charge on any atom is -0.462 e. The molecular weight excluding hydrogens is 286 g/mol. The van der Waals surface area contributed by atoms with E-state index in [1.54, 1.807) is 24.4 Å². The van der Waals surface area contributed by atoms with Crippen molar-refractivity contribution >= 4 is 26.9 Å². The van der Waals surface area contributed by atoms with Gasteiger partial charge in [0.25, 0.3) is 5.56 Å². The first-order chi connectivity index (χ1) is 8.25. The highest BCUT2D eigenvalue weighted by Crippen LogP contribution is 2.12. The van der Waals surface area contributed by atoms with E-state index in [0.29, 0.717) is 21.3 Å². The summed E-state index contributed by atoms with van der Waals surface area (Å²) in [7, 11) is 0. The monoisotopic (exact) mass is 291 g/mol. The quantitative estimate of drug-likeness (QED) is 0.645.